The van der Waals surface area contributed by atoms with Crippen molar-refractivity contribution >= 4 is 5.91 Å². The van der Waals surface area contributed by atoms with Gasteiger partial charge in [-0.2, -0.15) is 0 Å². The molecular formula is C17H34N2O. The Balaban J connectivity index is 1.98. The van der Waals surface area contributed by atoms with Crippen LogP contribution in [0.2, 0.25) is 0 Å². The van der Waals surface area contributed by atoms with E-state index < -0.39 is 0 Å². The number of carbonyl (C=O) groups excluding carboxylic acids is 1. The van der Waals surface area contributed by atoms with Crippen LogP contribution in [0.1, 0.15) is 78.1 Å². The van der Waals surface area contributed by atoms with Crippen LogP contribution in [0.15, 0.2) is 0 Å². The highest BCUT2D eigenvalue weighted by Crippen LogP contribution is 2.10. The molecular weight excluding hydrogens is 248 g/mol. The Morgan fingerprint density at radius 1 is 1.00 bits per heavy atom. The molecule has 1 unspecified atom stereocenters. The van der Waals surface area contributed by atoms with Crippen molar-refractivity contribution in [3.05, 3.63) is 0 Å². The van der Waals surface area contributed by atoms with E-state index in [2.05, 4.69) is 12.2 Å². The molecule has 0 radical (unpaired) electrons. The zero-order chi connectivity index (χ0) is 14.6. The molecule has 1 amide bonds. The number of amides is 1. The molecule has 3 heteroatoms. The Morgan fingerprint density at radius 3 is 2.25 bits per heavy atom. The van der Waals surface area contributed by atoms with Crippen LogP contribution < -0.4 is 5.32 Å². The predicted octanol–water partition coefficient (Wildman–Crippen LogP) is 3.73. The van der Waals surface area contributed by atoms with Gasteiger partial charge in [0.2, 0.25) is 5.91 Å². The van der Waals surface area contributed by atoms with Gasteiger partial charge in [-0.3, -0.25) is 4.79 Å². The van der Waals surface area contributed by atoms with Crippen LogP contribution in [0.4, 0.5) is 0 Å². The summed E-state index contributed by atoms with van der Waals surface area (Å²) < 4.78 is 0. The van der Waals surface area contributed by atoms with Gasteiger partial charge in [0.05, 0.1) is 6.04 Å². The maximum atomic E-state index is 12.2. The third-order valence-corrected chi connectivity index (χ3v) is 4.27. The molecule has 0 saturated carbocycles. The van der Waals surface area contributed by atoms with Gasteiger partial charge in [-0.15, -0.1) is 0 Å². The van der Waals surface area contributed by atoms with E-state index in [1.807, 2.05) is 11.8 Å². The van der Waals surface area contributed by atoms with Crippen molar-refractivity contribution in [1.82, 2.24) is 10.2 Å². The topological polar surface area (TPSA) is 32.3 Å². The molecule has 0 aromatic carbocycles. The summed E-state index contributed by atoms with van der Waals surface area (Å²) in [7, 11) is 0. The molecule has 1 N–H and O–H groups in total. The highest BCUT2D eigenvalue weighted by Gasteiger charge is 2.21. The van der Waals surface area contributed by atoms with Crippen molar-refractivity contribution in [2.75, 3.05) is 19.6 Å². The van der Waals surface area contributed by atoms with Gasteiger partial charge in [0.15, 0.2) is 0 Å². The molecule has 3 nitrogen and oxygen atoms in total. The fraction of sp³-hybridized carbons (Fsp3) is 0.941. The lowest BCUT2D eigenvalue weighted by Crippen LogP contribution is -2.47. The first-order valence-electron chi connectivity index (χ1n) is 8.78. The molecule has 0 aromatic rings. The lowest BCUT2D eigenvalue weighted by molar-refractivity contribution is -0.133. The highest BCUT2D eigenvalue weighted by molar-refractivity contribution is 5.81. The van der Waals surface area contributed by atoms with E-state index in [0.29, 0.717) is 5.91 Å². The van der Waals surface area contributed by atoms with Crippen LogP contribution in [0, 0.1) is 0 Å². The Kier molecular flexibility index (Phi) is 9.73. The zero-order valence-corrected chi connectivity index (χ0v) is 13.6. The number of piperidine rings is 1. The lowest BCUT2D eigenvalue weighted by atomic mass is 10.1. The third-order valence-electron chi connectivity index (χ3n) is 4.27. The summed E-state index contributed by atoms with van der Waals surface area (Å²) in [5, 5.41) is 3.39. The summed E-state index contributed by atoms with van der Waals surface area (Å²) in [6.45, 7) is 7.17. The number of nitrogens with zero attached hydrogens (tertiary/aromatic N) is 1. The Hall–Kier alpha value is -0.570. The standard InChI is InChI=1S/C17H34N2O/c1-3-4-5-6-7-8-10-13-18-16(2)17(20)19-14-11-9-12-15-19/h16,18H,3-15H2,1-2H3. The number of hydrogen-bond donors (Lipinski definition) is 1. The van der Waals surface area contributed by atoms with Gasteiger partial charge in [0, 0.05) is 13.1 Å². The first-order chi connectivity index (χ1) is 9.75. The van der Waals surface area contributed by atoms with Gasteiger partial charge >= 0.3 is 0 Å². The van der Waals surface area contributed by atoms with E-state index in [9.17, 15) is 4.79 Å². The average Bonchev–Trinajstić information content (AvgIpc) is 2.50. The number of likely N-dealkylation sites (tertiary alicyclic amines) is 1. The summed E-state index contributed by atoms with van der Waals surface area (Å²) in [6.07, 6.45) is 12.9. The van der Waals surface area contributed by atoms with E-state index >= 15 is 0 Å². The van der Waals surface area contributed by atoms with Crippen LogP contribution in [0.3, 0.4) is 0 Å². The molecule has 20 heavy (non-hydrogen) atoms. The van der Waals surface area contributed by atoms with Crippen LogP contribution in [-0.2, 0) is 4.79 Å². The van der Waals surface area contributed by atoms with Crippen LogP contribution in [0.25, 0.3) is 0 Å². The summed E-state index contributed by atoms with van der Waals surface area (Å²) >= 11 is 0. The molecule has 0 aromatic heterocycles. The molecule has 1 atom stereocenters. The first-order valence-corrected chi connectivity index (χ1v) is 8.78. The molecule has 0 bridgehead atoms. The largest absolute Gasteiger partial charge is 0.341 e. The van der Waals surface area contributed by atoms with Crippen LogP contribution >= 0.6 is 0 Å². The summed E-state index contributed by atoms with van der Waals surface area (Å²) in [5.74, 6) is 0.299. The smallest absolute Gasteiger partial charge is 0.239 e. The number of unbranched alkanes of at least 4 members (excludes halogenated alkanes) is 6. The minimum Gasteiger partial charge on any atom is -0.341 e. The number of rotatable bonds is 10. The van der Waals surface area contributed by atoms with E-state index in [1.165, 1.54) is 64.2 Å². The normalized spacial score (nSPS) is 17.2. The Bertz CT molecular complexity index is 249. The second-order valence-electron chi connectivity index (χ2n) is 6.18. The Labute approximate surface area is 125 Å². The second-order valence-corrected chi connectivity index (χ2v) is 6.18. The second kappa shape index (κ2) is 11.1. The van der Waals surface area contributed by atoms with Gasteiger partial charge in [-0.25, -0.2) is 0 Å². The minimum atomic E-state index is -0.00630. The quantitative estimate of drug-likeness (QED) is 0.619. The molecule has 118 valence electrons. The molecule has 1 rings (SSSR count). The molecule has 1 aliphatic rings. The van der Waals surface area contributed by atoms with Gasteiger partial charge in [0.1, 0.15) is 0 Å². The first kappa shape index (κ1) is 17.5. The van der Waals surface area contributed by atoms with Gasteiger partial charge in [0.25, 0.3) is 0 Å². The minimum absolute atomic E-state index is 0.00630. The van der Waals surface area contributed by atoms with Crippen LogP contribution in [-0.4, -0.2) is 36.5 Å². The zero-order valence-electron chi connectivity index (χ0n) is 13.6. The predicted molar refractivity (Wildman–Crippen MR) is 85.9 cm³/mol. The van der Waals surface area contributed by atoms with Gasteiger partial charge < -0.3 is 10.2 Å². The molecule has 1 aliphatic heterocycles. The number of carbonyl (C=O) groups is 1. The van der Waals surface area contributed by atoms with E-state index in [0.717, 1.165) is 19.6 Å². The average molecular weight is 282 g/mol. The van der Waals surface area contributed by atoms with E-state index in [-0.39, 0.29) is 6.04 Å². The number of nitrogens with one attached hydrogen (secondary N) is 1. The monoisotopic (exact) mass is 282 g/mol. The SMILES string of the molecule is CCCCCCCCCNC(C)C(=O)N1CCCCC1. The van der Waals surface area contributed by atoms with Crippen LogP contribution in [0.5, 0.6) is 0 Å². The molecule has 0 aliphatic carbocycles. The summed E-state index contributed by atoms with van der Waals surface area (Å²) in [6, 6.07) is -0.00630. The number of hydrogen-bond acceptors (Lipinski definition) is 2. The maximum absolute atomic E-state index is 12.2. The molecule has 0 spiro atoms. The lowest BCUT2D eigenvalue weighted by Gasteiger charge is -2.29. The summed E-state index contributed by atoms with van der Waals surface area (Å²) in [4.78, 5) is 14.2. The fourth-order valence-corrected chi connectivity index (χ4v) is 2.88. The van der Waals surface area contributed by atoms with Crippen molar-refractivity contribution in [3.8, 4) is 0 Å². The molecule has 1 heterocycles. The summed E-state index contributed by atoms with van der Waals surface area (Å²) in [5.41, 5.74) is 0. The highest BCUT2D eigenvalue weighted by atomic mass is 16.2. The van der Waals surface area contributed by atoms with Crippen molar-refractivity contribution < 1.29 is 4.79 Å². The fourth-order valence-electron chi connectivity index (χ4n) is 2.88. The molecule has 1 saturated heterocycles. The third kappa shape index (κ3) is 7.28. The van der Waals surface area contributed by atoms with Crippen molar-refractivity contribution in [3.63, 3.8) is 0 Å². The van der Waals surface area contributed by atoms with E-state index in [1.54, 1.807) is 0 Å². The maximum Gasteiger partial charge on any atom is 0.239 e. The van der Waals surface area contributed by atoms with E-state index in [4.69, 9.17) is 0 Å². The van der Waals surface area contributed by atoms with Gasteiger partial charge in [-0.1, -0.05) is 45.4 Å². The van der Waals surface area contributed by atoms with Crippen molar-refractivity contribution in [2.24, 2.45) is 0 Å². The van der Waals surface area contributed by atoms with Gasteiger partial charge in [-0.05, 0) is 39.2 Å². The molecule has 1 fully saturated rings. The van der Waals surface area contributed by atoms with Crippen molar-refractivity contribution in [2.45, 2.75) is 84.1 Å². The van der Waals surface area contributed by atoms with Crippen molar-refractivity contribution in [1.29, 1.82) is 0 Å². The Morgan fingerprint density at radius 2 is 1.60 bits per heavy atom.